The number of carbonyl (C=O) groups is 1. The van der Waals surface area contributed by atoms with Crippen molar-refractivity contribution in [3.8, 4) is 11.1 Å². The molecule has 0 radical (unpaired) electrons. The molecule has 1 aliphatic rings. The molecule has 1 heterocycles. The molecule has 1 N–H and O–H groups in total. The van der Waals surface area contributed by atoms with Gasteiger partial charge in [0.1, 0.15) is 0 Å². The molecule has 1 aromatic carbocycles. The van der Waals surface area contributed by atoms with Crippen LogP contribution in [0.2, 0.25) is 0 Å². The molecular weight excluding hydrogens is 406 g/mol. The normalized spacial score (nSPS) is 14.3. The van der Waals surface area contributed by atoms with Gasteiger partial charge in [-0.05, 0) is 69.2 Å². The molecule has 0 saturated carbocycles. The number of carboxylic acids is 1. The Morgan fingerprint density at radius 1 is 1.12 bits per heavy atom. The van der Waals surface area contributed by atoms with Gasteiger partial charge in [-0.1, -0.05) is 79.3 Å². The molecule has 0 fully saturated rings. The fourth-order valence-electron chi connectivity index (χ4n) is 4.37. The molecular formula is C30H35NO2. The van der Waals surface area contributed by atoms with Crippen molar-refractivity contribution in [3.63, 3.8) is 0 Å². The van der Waals surface area contributed by atoms with Gasteiger partial charge >= 0.3 is 5.97 Å². The fraction of sp³-hybridized carbons (Fsp3) is 0.300. The molecule has 0 aliphatic heterocycles. The van der Waals surface area contributed by atoms with Gasteiger partial charge in [0.2, 0.25) is 0 Å². The Bertz CT molecular complexity index is 1110. The summed E-state index contributed by atoms with van der Waals surface area (Å²) in [6.45, 7) is 6.40. The first kappa shape index (κ1) is 24.3. The van der Waals surface area contributed by atoms with E-state index in [9.17, 15) is 4.79 Å². The maximum atomic E-state index is 10.9. The summed E-state index contributed by atoms with van der Waals surface area (Å²) in [7, 11) is 0. The minimum absolute atomic E-state index is 0.212. The highest BCUT2D eigenvalue weighted by atomic mass is 16.4. The number of carboxylic acid groups (broad SMARTS) is 1. The highest BCUT2D eigenvalue weighted by molar-refractivity contribution is 5.80. The van der Waals surface area contributed by atoms with Crippen LogP contribution in [0.25, 0.3) is 22.4 Å². The van der Waals surface area contributed by atoms with Crippen molar-refractivity contribution >= 4 is 17.2 Å². The van der Waals surface area contributed by atoms with Gasteiger partial charge in [-0.15, -0.1) is 0 Å². The number of allylic oxidation sites excluding steroid dienone is 10. The van der Waals surface area contributed by atoms with E-state index in [4.69, 9.17) is 5.11 Å². The van der Waals surface area contributed by atoms with Crippen LogP contribution in [0.5, 0.6) is 0 Å². The molecule has 2 aromatic rings. The maximum Gasteiger partial charge on any atom is 0.303 e. The zero-order valence-corrected chi connectivity index (χ0v) is 20.1. The lowest BCUT2D eigenvalue weighted by atomic mass is 10.0. The summed E-state index contributed by atoms with van der Waals surface area (Å²) >= 11 is 0. The third-order valence-corrected chi connectivity index (χ3v) is 6.06. The summed E-state index contributed by atoms with van der Waals surface area (Å²) in [5, 5.41) is 8.95. The average molecular weight is 442 g/mol. The summed E-state index contributed by atoms with van der Waals surface area (Å²) in [6.07, 6.45) is 19.7. The van der Waals surface area contributed by atoms with E-state index in [-0.39, 0.29) is 6.42 Å². The van der Waals surface area contributed by atoms with E-state index in [1.165, 1.54) is 39.4 Å². The topological polar surface area (TPSA) is 42.2 Å². The monoisotopic (exact) mass is 441 g/mol. The molecule has 1 aromatic heterocycles. The molecule has 0 unspecified atom stereocenters. The van der Waals surface area contributed by atoms with Crippen molar-refractivity contribution in [2.75, 3.05) is 0 Å². The van der Waals surface area contributed by atoms with Crippen LogP contribution < -0.4 is 0 Å². The van der Waals surface area contributed by atoms with Crippen LogP contribution >= 0.6 is 0 Å². The lowest BCUT2D eigenvalue weighted by molar-refractivity contribution is -0.137. The number of aromatic nitrogens is 1. The van der Waals surface area contributed by atoms with Crippen LogP contribution in [0.15, 0.2) is 84.5 Å². The summed E-state index contributed by atoms with van der Waals surface area (Å²) in [5.74, 6) is -0.731. The van der Waals surface area contributed by atoms with E-state index >= 15 is 0 Å². The van der Waals surface area contributed by atoms with Crippen LogP contribution in [0, 0.1) is 0 Å². The predicted molar refractivity (Wildman–Crippen MR) is 140 cm³/mol. The Morgan fingerprint density at radius 3 is 2.58 bits per heavy atom. The van der Waals surface area contributed by atoms with E-state index in [0.717, 1.165) is 25.7 Å². The Balaban J connectivity index is 2.05. The van der Waals surface area contributed by atoms with Gasteiger partial charge in [-0.2, -0.15) is 0 Å². The van der Waals surface area contributed by atoms with Gasteiger partial charge in [0.05, 0.1) is 0 Å². The summed E-state index contributed by atoms with van der Waals surface area (Å²) in [5.41, 5.74) is 8.74. The maximum absolute atomic E-state index is 10.9. The quantitative estimate of drug-likeness (QED) is 0.379. The van der Waals surface area contributed by atoms with E-state index in [1.807, 2.05) is 0 Å². The number of hydrogen-bond acceptors (Lipinski definition) is 1. The van der Waals surface area contributed by atoms with Gasteiger partial charge < -0.3 is 9.67 Å². The zero-order valence-electron chi connectivity index (χ0n) is 20.1. The minimum Gasteiger partial charge on any atom is -0.481 e. The molecule has 3 rings (SSSR count). The molecule has 33 heavy (non-hydrogen) atoms. The highest BCUT2D eigenvalue weighted by Crippen LogP contribution is 2.36. The van der Waals surface area contributed by atoms with E-state index in [2.05, 4.69) is 104 Å². The van der Waals surface area contributed by atoms with Gasteiger partial charge in [-0.3, -0.25) is 4.79 Å². The van der Waals surface area contributed by atoms with Gasteiger partial charge in [0.15, 0.2) is 0 Å². The fourth-order valence-corrected chi connectivity index (χ4v) is 4.37. The lowest BCUT2D eigenvalue weighted by Crippen LogP contribution is -2.05. The van der Waals surface area contributed by atoms with Crippen molar-refractivity contribution in [3.05, 3.63) is 95.9 Å². The molecule has 3 nitrogen and oxygen atoms in total. The van der Waals surface area contributed by atoms with Crippen LogP contribution in [-0.2, 0) is 11.2 Å². The number of aliphatic carboxylic acids is 1. The van der Waals surface area contributed by atoms with Crippen molar-refractivity contribution in [2.45, 2.75) is 59.3 Å². The Labute approximate surface area is 198 Å². The van der Waals surface area contributed by atoms with Crippen LogP contribution in [0.4, 0.5) is 0 Å². The average Bonchev–Trinajstić information content (AvgIpc) is 3.05. The van der Waals surface area contributed by atoms with Gasteiger partial charge in [0.25, 0.3) is 0 Å². The first-order valence-corrected chi connectivity index (χ1v) is 11.9. The minimum atomic E-state index is -0.731. The second kappa shape index (κ2) is 12.1. The second-order valence-electron chi connectivity index (χ2n) is 8.26. The SMILES string of the molecule is C/C=C\C/C(=C\C)c1cc(-c2ccccc2)c(CC)n1C1=CCC=C(CCCC(=O)O)C=C1. The first-order chi connectivity index (χ1) is 16.1. The van der Waals surface area contributed by atoms with Crippen molar-refractivity contribution in [1.82, 2.24) is 4.57 Å². The number of benzene rings is 1. The molecule has 0 spiro atoms. The predicted octanol–water partition coefficient (Wildman–Crippen LogP) is 8.07. The van der Waals surface area contributed by atoms with Crippen LogP contribution in [0.1, 0.15) is 64.3 Å². The largest absolute Gasteiger partial charge is 0.481 e. The van der Waals surface area contributed by atoms with Crippen LogP contribution in [-0.4, -0.2) is 15.6 Å². The van der Waals surface area contributed by atoms with Gasteiger partial charge in [-0.25, -0.2) is 0 Å². The van der Waals surface area contributed by atoms with Crippen molar-refractivity contribution in [2.24, 2.45) is 0 Å². The third-order valence-electron chi connectivity index (χ3n) is 6.06. The molecule has 172 valence electrons. The molecule has 0 bridgehead atoms. The lowest BCUT2D eigenvalue weighted by Gasteiger charge is -2.16. The van der Waals surface area contributed by atoms with Crippen molar-refractivity contribution < 1.29 is 9.90 Å². The van der Waals surface area contributed by atoms with E-state index in [0.29, 0.717) is 6.42 Å². The first-order valence-electron chi connectivity index (χ1n) is 11.9. The number of hydrogen-bond donors (Lipinski definition) is 1. The Kier molecular flexibility index (Phi) is 8.88. The molecule has 0 amide bonds. The number of nitrogens with zero attached hydrogens (tertiary/aromatic N) is 1. The van der Waals surface area contributed by atoms with Crippen molar-refractivity contribution in [1.29, 1.82) is 0 Å². The smallest absolute Gasteiger partial charge is 0.303 e. The zero-order chi connectivity index (χ0) is 23.6. The molecule has 3 heteroatoms. The Hall–Kier alpha value is -3.33. The molecule has 0 atom stereocenters. The van der Waals surface area contributed by atoms with E-state index < -0.39 is 5.97 Å². The Morgan fingerprint density at radius 2 is 1.91 bits per heavy atom. The van der Waals surface area contributed by atoms with Crippen LogP contribution in [0.3, 0.4) is 0 Å². The molecule has 1 aliphatic carbocycles. The standard InChI is InChI=1S/C30H35NO2/c1-4-7-15-24(5-2)29-22-27(25-16-9-8-10-17-25)28(6-3)31(29)26-18-11-13-23(20-21-26)14-12-19-30(32)33/h4-5,7-10,13,16-18,20-22H,6,11-12,14-15,19H2,1-3H3,(H,32,33)/b7-4-,24-5+. The van der Waals surface area contributed by atoms with E-state index in [1.54, 1.807) is 0 Å². The highest BCUT2D eigenvalue weighted by Gasteiger charge is 2.19. The number of rotatable bonds is 10. The second-order valence-corrected chi connectivity index (χ2v) is 8.26. The summed E-state index contributed by atoms with van der Waals surface area (Å²) < 4.78 is 2.42. The third kappa shape index (κ3) is 6.13. The van der Waals surface area contributed by atoms with Gasteiger partial charge in [0, 0.05) is 29.1 Å². The summed E-state index contributed by atoms with van der Waals surface area (Å²) in [6, 6.07) is 13.0. The molecule has 0 saturated heterocycles. The summed E-state index contributed by atoms with van der Waals surface area (Å²) in [4.78, 5) is 10.9.